The Balaban J connectivity index is 1.76. The van der Waals surface area contributed by atoms with Crippen molar-refractivity contribution in [3.8, 4) is 11.3 Å². The Morgan fingerprint density at radius 3 is 2.71 bits per heavy atom. The minimum Gasteiger partial charge on any atom is -0.459 e. The number of thiocarbonyl (C=S) groups is 1. The van der Waals surface area contributed by atoms with Crippen molar-refractivity contribution in [2.45, 2.75) is 32.0 Å². The lowest BCUT2D eigenvalue weighted by molar-refractivity contribution is 0.237. The summed E-state index contributed by atoms with van der Waals surface area (Å²) in [5.41, 5.74) is 1.30. The minimum atomic E-state index is -0.336. The van der Waals surface area contributed by atoms with Crippen LogP contribution in [-0.4, -0.2) is 21.0 Å². The number of hydrogen-bond donors (Lipinski definition) is 1. The van der Waals surface area contributed by atoms with Gasteiger partial charge in [0.2, 0.25) is 0 Å². The lowest BCUT2D eigenvalue weighted by Crippen LogP contribution is -2.35. The zero-order valence-electron chi connectivity index (χ0n) is 15.4. The molecular weight excluding hydrogens is 441 g/mol. The number of benzene rings is 1. The summed E-state index contributed by atoms with van der Waals surface area (Å²) < 4.78 is 21.2. The van der Waals surface area contributed by atoms with Gasteiger partial charge in [0.05, 0.1) is 17.3 Å². The van der Waals surface area contributed by atoms with E-state index in [2.05, 4.69) is 45.0 Å². The van der Waals surface area contributed by atoms with Crippen molar-refractivity contribution in [1.29, 1.82) is 0 Å². The van der Waals surface area contributed by atoms with Gasteiger partial charge in [0, 0.05) is 16.7 Å². The van der Waals surface area contributed by atoms with Gasteiger partial charge in [-0.25, -0.2) is 4.39 Å². The molecule has 4 rings (SSSR count). The number of rotatable bonds is 4. The van der Waals surface area contributed by atoms with Crippen LogP contribution in [0.5, 0.6) is 0 Å². The number of halogens is 2. The van der Waals surface area contributed by atoms with E-state index in [4.69, 9.17) is 16.6 Å². The van der Waals surface area contributed by atoms with Crippen molar-refractivity contribution >= 4 is 33.3 Å². The Morgan fingerprint density at radius 1 is 1.21 bits per heavy atom. The fourth-order valence-corrected chi connectivity index (χ4v) is 4.36. The minimum absolute atomic E-state index is 0.148. The second-order valence-corrected chi connectivity index (χ2v) is 8.26. The third-order valence-corrected chi connectivity index (χ3v) is 5.63. The summed E-state index contributed by atoms with van der Waals surface area (Å²) in [5.74, 6) is 0.868. The molecule has 0 saturated carbocycles. The molecule has 144 valence electrons. The van der Waals surface area contributed by atoms with Gasteiger partial charge in [-0.05, 0) is 68.5 Å². The van der Waals surface area contributed by atoms with E-state index in [1.165, 1.54) is 6.07 Å². The van der Waals surface area contributed by atoms with Crippen molar-refractivity contribution < 1.29 is 8.81 Å². The number of furan rings is 1. The van der Waals surface area contributed by atoms with E-state index in [0.29, 0.717) is 26.7 Å². The number of pyridine rings is 1. The normalized spacial score (nSPS) is 19.3. The van der Waals surface area contributed by atoms with Crippen molar-refractivity contribution in [1.82, 2.24) is 15.2 Å². The van der Waals surface area contributed by atoms with E-state index in [-0.39, 0.29) is 23.9 Å². The van der Waals surface area contributed by atoms with Crippen molar-refractivity contribution in [2.24, 2.45) is 0 Å². The first-order valence-corrected chi connectivity index (χ1v) is 10.2. The maximum Gasteiger partial charge on any atom is 0.170 e. The zero-order chi connectivity index (χ0) is 19.8. The van der Waals surface area contributed by atoms with Crippen LogP contribution in [0.2, 0.25) is 0 Å². The smallest absolute Gasteiger partial charge is 0.170 e. The fraction of sp³-hybridized carbons (Fsp3) is 0.238. The molecule has 1 N–H and O–H groups in total. The first kappa shape index (κ1) is 19.1. The monoisotopic (exact) mass is 459 g/mol. The second kappa shape index (κ2) is 7.64. The molecule has 1 aliphatic rings. The molecule has 1 aliphatic heterocycles. The van der Waals surface area contributed by atoms with E-state index in [1.807, 2.05) is 24.3 Å². The molecule has 0 radical (unpaired) electrons. The van der Waals surface area contributed by atoms with E-state index in [0.717, 1.165) is 5.69 Å². The topological polar surface area (TPSA) is 41.3 Å². The first-order valence-electron chi connectivity index (χ1n) is 9.00. The summed E-state index contributed by atoms with van der Waals surface area (Å²) in [4.78, 5) is 6.60. The summed E-state index contributed by atoms with van der Waals surface area (Å²) >= 11 is 8.87. The van der Waals surface area contributed by atoms with Crippen LogP contribution in [0, 0.1) is 5.82 Å². The maximum atomic E-state index is 14.4. The molecule has 0 spiro atoms. The van der Waals surface area contributed by atoms with Crippen LogP contribution < -0.4 is 5.32 Å². The lowest BCUT2D eigenvalue weighted by Gasteiger charge is -2.29. The highest BCUT2D eigenvalue weighted by Gasteiger charge is 2.42. The average Bonchev–Trinajstić information content (AvgIpc) is 3.26. The largest absolute Gasteiger partial charge is 0.459 e. The van der Waals surface area contributed by atoms with Crippen molar-refractivity contribution in [3.05, 3.63) is 76.5 Å². The van der Waals surface area contributed by atoms with Gasteiger partial charge in [0.1, 0.15) is 23.4 Å². The van der Waals surface area contributed by atoms with Crippen LogP contribution in [-0.2, 0) is 0 Å². The maximum absolute atomic E-state index is 14.4. The zero-order valence-corrected chi connectivity index (χ0v) is 17.8. The molecule has 3 heterocycles. The quantitative estimate of drug-likeness (QED) is 0.512. The van der Waals surface area contributed by atoms with Gasteiger partial charge in [-0.15, -0.1) is 0 Å². The van der Waals surface area contributed by atoms with Crippen LogP contribution >= 0.6 is 28.1 Å². The summed E-state index contributed by atoms with van der Waals surface area (Å²) in [5, 5.41) is 4.03. The van der Waals surface area contributed by atoms with E-state index in [9.17, 15) is 4.39 Å². The Bertz CT molecular complexity index is 1010. The second-order valence-electron chi connectivity index (χ2n) is 6.95. The molecule has 2 aromatic heterocycles. The van der Waals surface area contributed by atoms with Gasteiger partial charge < -0.3 is 14.6 Å². The number of nitrogens with one attached hydrogen (secondary N) is 1. The summed E-state index contributed by atoms with van der Waals surface area (Å²) in [6, 6.07) is 14.3. The van der Waals surface area contributed by atoms with Crippen molar-refractivity contribution in [3.63, 3.8) is 0 Å². The predicted molar refractivity (Wildman–Crippen MR) is 114 cm³/mol. The Morgan fingerprint density at radius 2 is 2.04 bits per heavy atom. The highest BCUT2D eigenvalue weighted by Crippen LogP contribution is 2.41. The third-order valence-electron chi connectivity index (χ3n) is 4.81. The Hall–Kier alpha value is -2.25. The van der Waals surface area contributed by atoms with Crippen LogP contribution in [0.25, 0.3) is 11.3 Å². The van der Waals surface area contributed by atoms with E-state index >= 15 is 0 Å². The van der Waals surface area contributed by atoms with Crippen LogP contribution in [0.1, 0.15) is 37.4 Å². The lowest BCUT2D eigenvalue weighted by atomic mass is 10.0. The van der Waals surface area contributed by atoms with Gasteiger partial charge in [-0.2, -0.15) is 0 Å². The molecule has 0 amide bonds. The first-order chi connectivity index (χ1) is 13.5. The van der Waals surface area contributed by atoms with E-state index in [1.54, 1.807) is 24.4 Å². The number of nitrogens with zero attached hydrogens (tertiary/aromatic N) is 2. The highest BCUT2D eigenvalue weighted by atomic mass is 79.9. The van der Waals surface area contributed by atoms with Crippen molar-refractivity contribution in [2.75, 3.05) is 0 Å². The molecule has 2 atom stereocenters. The Labute approximate surface area is 176 Å². The summed E-state index contributed by atoms with van der Waals surface area (Å²) in [6.07, 6.45) is 1.76. The number of aromatic nitrogens is 1. The predicted octanol–water partition coefficient (Wildman–Crippen LogP) is 5.62. The Kier molecular flexibility index (Phi) is 5.21. The molecule has 0 aliphatic carbocycles. The van der Waals surface area contributed by atoms with E-state index < -0.39 is 0 Å². The molecule has 7 heteroatoms. The van der Waals surface area contributed by atoms with Gasteiger partial charge in [0.25, 0.3) is 0 Å². The van der Waals surface area contributed by atoms with Crippen LogP contribution in [0.4, 0.5) is 4.39 Å². The number of hydrogen-bond acceptors (Lipinski definition) is 3. The SMILES string of the molecule is CC(C)N1C(=S)N[C@@H](c2ccccn2)[C@H]1c1ccc(-c2ccc(Br)cc2F)o1. The third kappa shape index (κ3) is 3.44. The molecule has 3 aromatic rings. The summed E-state index contributed by atoms with van der Waals surface area (Å²) in [6.45, 7) is 4.17. The average molecular weight is 460 g/mol. The van der Waals surface area contributed by atoms with Gasteiger partial charge in [-0.3, -0.25) is 4.98 Å². The summed E-state index contributed by atoms with van der Waals surface area (Å²) in [7, 11) is 0. The van der Waals surface area contributed by atoms with Crippen LogP contribution in [0.3, 0.4) is 0 Å². The molecule has 28 heavy (non-hydrogen) atoms. The van der Waals surface area contributed by atoms with Gasteiger partial charge in [0.15, 0.2) is 5.11 Å². The molecular formula is C21H19BrFN3OS. The van der Waals surface area contributed by atoms with Gasteiger partial charge in [-0.1, -0.05) is 22.0 Å². The van der Waals surface area contributed by atoms with Crippen LogP contribution in [0.15, 0.2) is 63.6 Å². The van der Waals surface area contributed by atoms with Gasteiger partial charge >= 0.3 is 0 Å². The standard InChI is InChI=1S/C21H19BrFN3OS/c1-12(2)26-20(19(25-21(26)28)16-5-3-4-10-24-16)18-9-8-17(27-18)14-7-6-13(22)11-15(14)23/h3-12,19-20H,1-2H3,(H,25,28)/t19-,20+/m0/s1. The molecule has 1 fully saturated rings. The molecule has 1 aromatic carbocycles. The molecule has 0 bridgehead atoms. The molecule has 0 unspecified atom stereocenters. The molecule has 1 saturated heterocycles. The highest BCUT2D eigenvalue weighted by molar-refractivity contribution is 9.10. The fourth-order valence-electron chi connectivity index (χ4n) is 3.57. The molecule has 4 nitrogen and oxygen atoms in total.